The van der Waals surface area contributed by atoms with Crippen molar-refractivity contribution in [1.29, 1.82) is 0 Å². The first-order valence-corrected chi connectivity index (χ1v) is 7.78. The van der Waals surface area contributed by atoms with E-state index < -0.39 is 60.5 Å². The van der Waals surface area contributed by atoms with Gasteiger partial charge in [0.15, 0.2) is 5.78 Å². The van der Waals surface area contributed by atoms with Crippen molar-refractivity contribution < 1.29 is 34.3 Å². The minimum Gasteiger partial charge on any atom is -0.390 e. The molecule has 3 rings (SSSR count). The van der Waals surface area contributed by atoms with E-state index in [4.69, 9.17) is 14.2 Å². The number of ether oxygens (including phenoxy) is 3. The van der Waals surface area contributed by atoms with E-state index in [1.165, 1.54) is 0 Å². The first-order valence-electron chi connectivity index (χ1n) is 7.78. The molecule has 9 nitrogen and oxygen atoms in total. The van der Waals surface area contributed by atoms with Gasteiger partial charge in [-0.15, -0.1) is 0 Å². The Kier molecular flexibility index (Phi) is 4.49. The molecule has 9 heteroatoms. The summed E-state index contributed by atoms with van der Waals surface area (Å²) in [7, 11) is 3.24. The molecule has 3 fully saturated rings. The van der Waals surface area contributed by atoms with Crippen LogP contribution >= 0.6 is 0 Å². The largest absolute Gasteiger partial charge is 0.390 e. The lowest BCUT2D eigenvalue weighted by Gasteiger charge is -2.55. The molecule has 2 aliphatic heterocycles. The van der Waals surface area contributed by atoms with Crippen LogP contribution in [0.2, 0.25) is 0 Å². The van der Waals surface area contributed by atoms with E-state index in [0.717, 1.165) is 0 Å². The number of aliphatic hydroxyl groups excluding tert-OH is 2. The SMILES string of the molecule is CN[C@@H]1[C@H](O)[C@H](NC)[C@H]2O[C@@]3(O)C(=O)C[C@@H](C)O[C@H]3OC2[C@H]1O. The highest BCUT2D eigenvalue weighted by atomic mass is 16.8. The summed E-state index contributed by atoms with van der Waals surface area (Å²) < 4.78 is 16.8. The molecule has 0 aromatic rings. The maximum Gasteiger partial charge on any atom is 0.280 e. The van der Waals surface area contributed by atoms with E-state index >= 15 is 0 Å². The fraction of sp³-hybridized carbons (Fsp3) is 0.929. The van der Waals surface area contributed by atoms with E-state index in [1.807, 2.05) is 0 Å². The van der Waals surface area contributed by atoms with Crippen molar-refractivity contribution in [2.75, 3.05) is 14.1 Å². The lowest BCUT2D eigenvalue weighted by atomic mass is 9.80. The summed E-state index contributed by atoms with van der Waals surface area (Å²) in [4.78, 5) is 12.2. The highest BCUT2D eigenvalue weighted by molar-refractivity contribution is 5.87. The topological polar surface area (TPSA) is 130 Å². The maximum absolute atomic E-state index is 12.2. The van der Waals surface area contributed by atoms with Crippen molar-refractivity contribution in [3.63, 3.8) is 0 Å². The lowest BCUT2D eigenvalue weighted by Crippen LogP contribution is -2.77. The van der Waals surface area contributed by atoms with E-state index in [9.17, 15) is 20.1 Å². The van der Waals surface area contributed by atoms with Crippen LogP contribution in [0.4, 0.5) is 0 Å². The summed E-state index contributed by atoms with van der Waals surface area (Å²) in [6.45, 7) is 1.70. The van der Waals surface area contributed by atoms with Gasteiger partial charge in [0.25, 0.3) is 5.79 Å². The van der Waals surface area contributed by atoms with Crippen LogP contribution in [0.3, 0.4) is 0 Å². The van der Waals surface area contributed by atoms with Gasteiger partial charge in [0.1, 0.15) is 18.3 Å². The summed E-state index contributed by atoms with van der Waals surface area (Å²) in [5.74, 6) is -2.76. The summed E-state index contributed by atoms with van der Waals surface area (Å²) in [5.41, 5.74) is 0. The third-order valence-electron chi connectivity index (χ3n) is 4.93. The normalized spacial score (nSPS) is 53.6. The predicted octanol–water partition coefficient (Wildman–Crippen LogP) is -2.93. The van der Waals surface area contributed by atoms with Gasteiger partial charge in [-0.25, -0.2) is 0 Å². The summed E-state index contributed by atoms with van der Waals surface area (Å²) in [6.07, 6.45) is -5.58. The molecule has 1 unspecified atom stereocenters. The van der Waals surface area contributed by atoms with Gasteiger partial charge in [0.2, 0.25) is 6.29 Å². The molecular formula is C14H24N2O7. The minimum absolute atomic E-state index is 0.00220. The van der Waals surface area contributed by atoms with E-state index in [0.29, 0.717) is 0 Å². The Hall–Kier alpha value is -0.650. The number of hydrogen-bond acceptors (Lipinski definition) is 9. The van der Waals surface area contributed by atoms with Crippen molar-refractivity contribution in [2.24, 2.45) is 0 Å². The summed E-state index contributed by atoms with van der Waals surface area (Å²) in [6, 6.07) is -1.29. The second-order valence-electron chi connectivity index (χ2n) is 6.40. The number of rotatable bonds is 2. The Bertz CT molecular complexity index is 478. The number of likely N-dealkylation sites (N-methyl/N-ethyl adjacent to an activating group) is 2. The first kappa shape index (κ1) is 17.2. The van der Waals surface area contributed by atoms with Gasteiger partial charge in [0.05, 0.1) is 24.3 Å². The molecule has 0 bridgehead atoms. The van der Waals surface area contributed by atoms with E-state index in [-0.39, 0.29) is 6.42 Å². The van der Waals surface area contributed by atoms with Crippen LogP contribution in [0.5, 0.6) is 0 Å². The maximum atomic E-state index is 12.2. The lowest BCUT2D eigenvalue weighted by molar-refractivity contribution is -0.420. The summed E-state index contributed by atoms with van der Waals surface area (Å²) >= 11 is 0. The van der Waals surface area contributed by atoms with Crippen LogP contribution in [0.15, 0.2) is 0 Å². The van der Waals surface area contributed by atoms with Gasteiger partial charge in [-0.05, 0) is 21.0 Å². The zero-order valence-electron chi connectivity index (χ0n) is 13.3. The van der Waals surface area contributed by atoms with Crippen LogP contribution in [-0.4, -0.2) is 89.9 Å². The molecule has 0 aromatic carbocycles. The van der Waals surface area contributed by atoms with Crippen LogP contribution in [-0.2, 0) is 19.0 Å². The number of carbonyl (C=O) groups excluding carboxylic acids is 1. The Morgan fingerprint density at radius 2 is 1.74 bits per heavy atom. The molecule has 0 spiro atoms. The molecule has 2 saturated heterocycles. The molecule has 0 amide bonds. The van der Waals surface area contributed by atoms with Crippen molar-refractivity contribution in [2.45, 2.75) is 68.0 Å². The number of carbonyl (C=O) groups is 1. The molecule has 2 heterocycles. The second kappa shape index (κ2) is 6.01. The van der Waals surface area contributed by atoms with Gasteiger partial charge in [0, 0.05) is 6.42 Å². The van der Waals surface area contributed by atoms with Crippen molar-refractivity contribution in [3.8, 4) is 0 Å². The van der Waals surface area contributed by atoms with Gasteiger partial charge in [-0.3, -0.25) is 4.79 Å². The number of hydrogen-bond donors (Lipinski definition) is 5. The van der Waals surface area contributed by atoms with Crippen LogP contribution in [0.25, 0.3) is 0 Å². The summed E-state index contributed by atoms with van der Waals surface area (Å²) in [5, 5.41) is 37.2. The van der Waals surface area contributed by atoms with Gasteiger partial charge in [-0.1, -0.05) is 0 Å². The molecule has 5 N–H and O–H groups in total. The second-order valence-corrected chi connectivity index (χ2v) is 6.40. The van der Waals surface area contributed by atoms with Gasteiger partial charge >= 0.3 is 0 Å². The zero-order valence-corrected chi connectivity index (χ0v) is 13.3. The standard InChI is InChI=1S/C14H24N2O7/c1-5-4-6(17)14(20)13(21-5)22-12-10(19)7(15-2)9(18)8(16-3)11(12)23-14/h5,7-13,15-16,18-20H,4H2,1-3H3/t5-,7-,8+,9+,10+,11-,12?,13+,14+/m1/s1. The molecule has 23 heavy (non-hydrogen) atoms. The van der Waals surface area contributed by atoms with Crippen LogP contribution in [0, 0.1) is 0 Å². The molecule has 3 aliphatic rings. The zero-order chi connectivity index (χ0) is 16.9. The number of fused-ring (bicyclic) bond motifs is 2. The monoisotopic (exact) mass is 332 g/mol. The molecule has 9 atom stereocenters. The fourth-order valence-corrected chi connectivity index (χ4v) is 3.68. The fourth-order valence-electron chi connectivity index (χ4n) is 3.68. The van der Waals surface area contributed by atoms with Crippen molar-refractivity contribution >= 4 is 5.78 Å². The number of nitrogens with one attached hydrogen (secondary N) is 2. The molecular weight excluding hydrogens is 308 g/mol. The molecule has 0 aromatic heterocycles. The number of aliphatic hydroxyl groups is 3. The smallest absolute Gasteiger partial charge is 0.280 e. The Labute approximate surface area is 133 Å². The highest BCUT2D eigenvalue weighted by Crippen LogP contribution is 2.40. The molecule has 0 radical (unpaired) electrons. The molecule has 132 valence electrons. The minimum atomic E-state index is -2.23. The number of ketones is 1. The van der Waals surface area contributed by atoms with Crippen LogP contribution in [0.1, 0.15) is 13.3 Å². The first-order chi connectivity index (χ1) is 10.8. The van der Waals surface area contributed by atoms with Crippen molar-refractivity contribution in [3.05, 3.63) is 0 Å². The van der Waals surface area contributed by atoms with Gasteiger partial charge in [-0.2, -0.15) is 0 Å². The third-order valence-corrected chi connectivity index (χ3v) is 4.93. The van der Waals surface area contributed by atoms with Crippen molar-refractivity contribution in [1.82, 2.24) is 10.6 Å². The Morgan fingerprint density at radius 3 is 2.35 bits per heavy atom. The third kappa shape index (κ3) is 2.52. The van der Waals surface area contributed by atoms with Crippen LogP contribution < -0.4 is 10.6 Å². The average Bonchev–Trinajstić information content (AvgIpc) is 2.49. The van der Waals surface area contributed by atoms with E-state index in [2.05, 4.69) is 10.6 Å². The molecule has 1 aliphatic carbocycles. The molecule has 1 saturated carbocycles. The quantitative estimate of drug-likeness (QED) is 0.361. The van der Waals surface area contributed by atoms with E-state index in [1.54, 1.807) is 21.0 Å². The highest BCUT2D eigenvalue weighted by Gasteiger charge is 2.63. The average molecular weight is 332 g/mol. The Balaban J connectivity index is 1.92. The predicted molar refractivity (Wildman–Crippen MR) is 76.4 cm³/mol. The Morgan fingerprint density at radius 1 is 1.09 bits per heavy atom. The van der Waals surface area contributed by atoms with Gasteiger partial charge < -0.3 is 40.2 Å². The number of Topliss-reactive ketones (excluding diaryl/α,β-unsaturated/α-hetero) is 1.